The van der Waals surface area contributed by atoms with Crippen LogP contribution in [0.2, 0.25) is 0 Å². The van der Waals surface area contributed by atoms with Crippen LogP contribution in [-0.2, 0) is 14.3 Å². The second-order valence-corrected chi connectivity index (χ2v) is 19.7. The maximum Gasteiger partial charge on any atom is 0.220 e. The van der Waals surface area contributed by atoms with Gasteiger partial charge in [0, 0.05) is 6.42 Å². The van der Waals surface area contributed by atoms with Gasteiger partial charge in [-0.15, -0.1) is 0 Å². The molecule has 9 nitrogen and oxygen atoms in total. The molecule has 7 atom stereocenters. The van der Waals surface area contributed by atoms with Crippen molar-refractivity contribution in [3.8, 4) is 0 Å². The summed E-state index contributed by atoms with van der Waals surface area (Å²) in [6.07, 6.45) is 74.0. The van der Waals surface area contributed by atoms with E-state index in [-0.39, 0.29) is 12.5 Å². The Morgan fingerprint density at radius 2 is 0.851 bits per heavy atom. The number of amides is 1. The van der Waals surface area contributed by atoms with Crippen LogP contribution >= 0.6 is 0 Å². The molecule has 7 unspecified atom stereocenters. The maximum atomic E-state index is 13.0. The summed E-state index contributed by atoms with van der Waals surface area (Å²) in [6.45, 7) is 3.59. The van der Waals surface area contributed by atoms with Gasteiger partial charge in [-0.1, -0.05) is 237 Å². The van der Waals surface area contributed by atoms with Crippen LogP contribution in [0.25, 0.3) is 0 Å². The molecule has 0 aliphatic carbocycles. The molecule has 0 radical (unpaired) electrons. The van der Waals surface area contributed by atoms with Gasteiger partial charge >= 0.3 is 0 Å². The lowest BCUT2D eigenvalue weighted by Crippen LogP contribution is -2.60. The van der Waals surface area contributed by atoms with Crippen molar-refractivity contribution in [2.45, 2.75) is 256 Å². The quantitative estimate of drug-likeness (QED) is 0.0261. The first-order valence-corrected chi connectivity index (χ1v) is 29.4. The number of unbranched alkanes of at least 4 members (excludes halogenated alkanes) is 18. The van der Waals surface area contributed by atoms with Crippen LogP contribution in [0.5, 0.6) is 0 Å². The third-order valence-corrected chi connectivity index (χ3v) is 13.0. The number of hydrogen-bond acceptors (Lipinski definition) is 8. The van der Waals surface area contributed by atoms with Gasteiger partial charge in [-0.2, -0.15) is 0 Å². The molecule has 9 heteroatoms. The number of aliphatic hydroxyl groups is 5. The third-order valence-electron chi connectivity index (χ3n) is 13.0. The molecular weight excluding hydrogens is 923 g/mol. The normalized spacial score (nSPS) is 20.0. The van der Waals surface area contributed by atoms with E-state index in [1.54, 1.807) is 6.08 Å². The summed E-state index contributed by atoms with van der Waals surface area (Å²) in [5, 5.41) is 54.2. The summed E-state index contributed by atoms with van der Waals surface area (Å²) in [6, 6.07) is -0.828. The van der Waals surface area contributed by atoms with Crippen molar-refractivity contribution in [2.75, 3.05) is 13.2 Å². The van der Waals surface area contributed by atoms with Gasteiger partial charge in [0.2, 0.25) is 5.91 Å². The van der Waals surface area contributed by atoms with Crippen LogP contribution in [0.4, 0.5) is 0 Å². The lowest BCUT2D eigenvalue weighted by Gasteiger charge is -2.40. The Hall–Kier alpha value is -3.67. The molecule has 420 valence electrons. The van der Waals surface area contributed by atoms with E-state index in [4.69, 9.17) is 9.47 Å². The molecule has 1 amide bonds. The molecular formula is C65H107NO8. The molecule has 0 bridgehead atoms. The smallest absolute Gasteiger partial charge is 0.220 e. The number of rotatable bonds is 48. The average Bonchev–Trinajstić information content (AvgIpc) is 3.40. The fourth-order valence-corrected chi connectivity index (χ4v) is 8.34. The zero-order valence-corrected chi connectivity index (χ0v) is 46.5. The molecule has 74 heavy (non-hydrogen) atoms. The van der Waals surface area contributed by atoms with Crippen LogP contribution in [0.15, 0.2) is 134 Å². The monoisotopic (exact) mass is 1030 g/mol. The Balaban J connectivity index is 2.09. The lowest BCUT2D eigenvalue weighted by molar-refractivity contribution is -0.302. The largest absolute Gasteiger partial charge is 0.394 e. The first kappa shape index (κ1) is 68.3. The summed E-state index contributed by atoms with van der Waals surface area (Å²) < 4.78 is 11.2. The number of allylic oxidation sites excluding steroid dienone is 21. The predicted octanol–water partition coefficient (Wildman–Crippen LogP) is 14.9. The van der Waals surface area contributed by atoms with E-state index < -0.39 is 49.5 Å². The number of carbonyl (C=O) groups is 1. The van der Waals surface area contributed by atoms with Gasteiger partial charge in [0.25, 0.3) is 0 Å². The summed E-state index contributed by atoms with van der Waals surface area (Å²) in [7, 11) is 0. The van der Waals surface area contributed by atoms with Crippen LogP contribution < -0.4 is 5.32 Å². The van der Waals surface area contributed by atoms with Crippen molar-refractivity contribution in [1.29, 1.82) is 0 Å². The highest BCUT2D eigenvalue weighted by Crippen LogP contribution is 2.23. The standard InChI is InChI=1S/C65H107NO8/c1-3-5-7-9-11-13-15-16-17-18-19-20-21-22-23-24-25-26-27-28-29-30-31-32-33-34-35-36-37-38-39-40-41-42-43-44-45-47-49-51-53-55-61(69)66-58(57-73-65-64(72)63(71)62(70)60(56-67)74-65)59(68)54-52-50-48-46-14-12-10-8-6-4-2/h5,7,11,13-14,16-17,19-20,22-23,25-26,28-29,31-32,34-35,46,52,54,58-60,62-65,67-68,70-72H,3-4,6,8-10,12,15,18,21,24,27,30,33,36-45,47-51,53,55-57H2,1-2H3,(H,66,69)/b7-5-,13-11-,17-16-,20-19-,23-22-,26-25-,29-28-,32-31-,35-34-,46-14+,54-52+. The van der Waals surface area contributed by atoms with Crippen LogP contribution in [0.1, 0.15) is 213 Å². The molecule has 0 spiro atoms. The van der Waals surface area contributed by atoms with E-state index in [2.05, 4.69) is 141 Å². The highest BCUT2D eigenvalue weighted by molar-refractivity contribution is 5.76. The summed E-state index contributed by atoms with van der Waals surface area (Å²) in [5.74, 6) is -0.196. The maximum absolute atomic E-state index is 13.0. The number of hydrogen-bond donors (Lipinski definition) is 6. The molecule has 1 rings (SSSR count). The first-order chi connectivity index (χ1) is 36.3. The molecule has 0 saturated carbocycles. The van der Waals surface area contributed by atoms with Crippen molar-refractivity contribution < 1.29 is 39.8 Å². The fourth-order valence-electron chi connectivity index (χ4n) is 8.34. The Kier molecular flexibility index (Phi) is 48.7. The van der Waals surface area contributed by atoms with Crippen LogP contribution in [-0.4, -0.2) is 87.5 Å². The minimum atomic E-state index is -1.58. The summed E-state index contributed by atoms with van der Waals surface area (Å²) in [5.41, 5.74) is 0. The van der Waals surface area contributed by atoms with Gasteiger partial charge in [0.1, 0.15) is 24.4 Å². The van der Waals surface area contributed by atoms with E-state index in [1.807, 2.05) is 6.08 Å². The van der Waals surface area contributed by atoms with Gasteiger partial charge in [-0.05, 0) is 103 Å². The summed E-state index contributed by atoms with van der Waals surface area (Å²) in [4.78, 5) is 13.0. The zero-order chi connectivity index (χ0) is 53.6. The SMILES string of the molecule is CC/C=C\C/C=C\C/C=C\C/C=C\C/C=C\C/C=C\C/C=C\C/C=C\C/C=C\CCCCCCCCCCCCCCCC(=O)NC(COC1OC(CO)C(O)C(O)C1O)C(O)/C=C/CC/C=C/CCCCCC. The average molecular weight is 1030 g/mol. The van der Waals surface area contributed by atoms with Gasteiger partial charge < -0.3 is 40.3 Å². The molecule has 1 aliphatic rings. The van der Waals surface area contributed by atoms with E-state index >= 15 is 0 Å². The molecule has 0 aromatic heterocycles. The molecule has 1 heterocycles. The van der Waals surface area contributed by atoms with Crippen molar-refractivity contribution in [3.63, 3.8) is 0 Å². The topological polar surface area (TPSA) is 149 Å². The second kappa shape index (κ2) is 52.8. The molecule has 6 N–H and O–H groups in total. The van der Waals surface area contributed by atoms with E-state index in [0.717, 1.165) is 96.3 Å². The number of carbonyl (C=O) groups excluding carboxylic acids is 1. The van der Waals surface area contributed by atoms with Gasteiger partial charge in [-0.25, -0.2) is 0 Å². The molecule has 1 aliphatic heterocycles. The first-order valence-electron chi connectivity index (χ1n) is 29.4. The molecule has 1 saturated heterocycles. The zero-order valence-electron chi connectivity index (χ0n) is 46.5. The van der Waals surface area contributed by atoms with Gasteiger partial charge in [0.15, 0.2) is 6.29 Å². The van der Waals surface area contributed by atoms with Gasteiger partial charge in [-0.3, -0.25) is 4.79 Å². The summed E-state index contributed by atoms with van der Waals surface area (Å²) >= 11 is 0. The minimum Gasteiger partial charge on any atom is -0.394 e. The Labute approximate surface area is 451 Å². The molecule has 1 fully saturated rings. The highest BCUT2D eigenvalue weighted by Gasteiger charge is 2.44. The van der Waals surface area contributed by atoms with E-state index in [0.29, 0.717) is 6.42 Å². The van der Waals surface area contributed by atoms with Crippen LogP contribution in [0, 0.1) is 0 Å². The van der Waals surface area contributed by atoms with E-state index in [1.165, 1.54) is 96.3 Å². The third kappa shape index (κ3) is 41.6. The molecule has 0 aromatic rings. The number of aliphatic hydroxyl groups excluding tert-OH is 5. The Morgan fingerprint density at radius 1 is 0.473 bits per heavy atom. The predicted molar refractivity (Wildman–Crippen MR) is 313 cm³/mol. The minimum absolute atomic E-state index is 0.196. The van der Waals surface area contributed by atoms with Crippen molar-refractivity contribution in [2.24, 2.45) is 0 Å². The highest BCUT2D eigenvalue weighted by atomic mass is 16.7. The van der Waals surface area contributed by atoms with Crippen LogP contribution in [0.3, 0.4) is 0 Å². The van der Waals surface area contributed by atoms with E-state index in [9.17, 15) is 30.3 Å². The Bertz CT molecular complexity index is 1620. The van der Waals surface area contributed by atoms with Gasteiger partial charge in [0.05, 0.1) is 25.4 Å². The fraction of sp³-hybridized carbons (Fsp3) is 0.646. The molecule has 0 aromatic carbocycles. The van der Waals surface area contributed by atoms with Crippen molar-refractivity contribution in [1.82, 2.24) is 5.32 Å². The lowest BCUT2D eigenvalue weighted by atomic mass is 9.99. The number of nitrogens with one attached hydrogen (secondary N) is 1. The Morgan fingerprint density at radius 3 is 1.30 bits per heavy atom. The van der Waals surface area contributed by atoms with Crippen molar-refractivity contribution in [3.05, 3.63) is 134 Å². The van der Waals surface area contributed by atoms with Crippen molar-refractivity contribution >= 4 is 5.91 Å². The number of ether oxygens (including phenoxy) is 2. The second-order valence-electron chi connectivity index (χ2n) is 19.7.